The molecule has 0 aliphatic heterocycles. The molecule has 5 nitrogen and oxygen atoms in total. The van der Waals surface area contributed by atoms with E-state index in [1.807, 2.05) is 6.92 Å². The third kappa shape index (κ3) is 4.04. The maximum Gasteiger partial charge on any atom is 0.231 e. The zero-order valence-corrected chi connectivity index (χ0v) is 13.8. The van der Waals surface area contributed by atoms with Crippen LogP contribution in [0.3, 0.4) is 0 Å². The molecule has 2 N–H and O–H groups in total. The van der Waals surface area contributed by atoms with Gasteiger partial charge in [0.05, 0.1) is 5.92 Å². The Morgan fingerprint density at radius 1 is 1.29 bits per heavy atom. The molecule has 1 aromatic heterocycles. The molecule has 2 rings (SSSR count). The predicted octanol–water partition coefficient (Wildman–Crippen LogP) is 3.57. The maximum absolute atomic E-state index is 6.28. The number of ether oxygens (including phenoxy) is 1. The van der Waals surface area contributed by atoms with Gasteiger partial charge in [-0.2, -0.15) is 4.98 Å². The van der Waals surface area contributed by atoms with Gasteiger partial charge in [-0.15, -0.1) is 0 Å². The van der Waals surface area contributed by atoms with E-state index in [0.29, 0.717) is 18.3 Å². The number of aromatic nitrogens is 2. The summed E-state index contributed by atoms with van der Waals surface area (Å²) < 4.78 is 11.4. The first-order valence-corrected chi connectivity index (χ1v) is 8.14. The molecule has 0 bridgehead atoms. The third-order valence-electron chi connectivity index (χ3n) is 4.20. The molecule has 0 radical (unpaired) electrons. The second-order valence-corrected chi connectivity index (χ2v) is 7.10. The number of nitrogens with two attached hydrogens (primary N) is 1. The smallest absolute Gasteiger partial charge is 0.231 e. The van der Waals surface area contributed by atoms with Crippen LogP contribution in [-0.2, 0) is 4.74 Å². The highest BCUT2D eigenvalue weighted by atomic mass is 16.5. The van der Waals surface area contributed by atoms with Crippen molar-refractivity contribution in [2.24, 2.45) is 11.1 Å². The lowest BCUT2D eigenvalue weighted by Gasteiger charge is -2.27. The molecule has 0 spiro atoms. The molecule has 0 saturated heterocycles. The van der Waals surface area contributed by atoms with Gasteiger partial charge in [0.15, 0.2) is 0 Å². The van der Waals surface area contributed by atoms with Crippen molar-refractivity contribution >= 4 is 0 Å². The summed E-state index contributed by atoms with van der Waals surface area (Å²) in [4.78, 5) is 4.63. The summed E-state index contributed by atoms with van der Waals surface area (Å²) in [5, 5.41) is 4.18. The first kappa shape index (κ1) is 16.4. The van der Waals surface area contributed by atoms with Crippen molar-refractivity contribution < 1.29 is 9.26 Å². The Bertz CT molecular complexity index is 439. The van der Waals surface area contributed by atoms with Gasteiger partial charge in [0, 0.05) is 12.6 Å². The van der Waals surface area contributed by atoms with Crippen LogP contribution in [-0.4, -0.2) is 22.8 Å². The van der Waals surface area contributed by atoms with E-state index < -0.39 is 0 Å². The van der Waals surface area contributed by atoms with E-state index in [1.54, 1.807) is 0 Å². The van der Waals surface area contributed by atoms with Crippen LogP contribution >= 0.6 is 0 Å². The standard InChI is InChI=1S/C16H29N3O2/c1-5-20-13(16(2,3)4)14-18-15(21-19-14)11-9-7-6-8-10-12(11)17/h11-13H,5-10,17H2,1-4H3. The Kier molecular flexibility index (Phi) is 5.38. The Labute approximate surface area is 127 Å². The molecule has 1 heterocycles. The first-order chi connectivity index (χ1) is 9.93. The maximum atomic E-state index is 6.28. The Morgan fingerprint density at radius 2 is 2.00 bits per heavy atom. The fourth-order valence-corrected chi connectivity index (χ4v) is 3.03. The summed E-state index contributed by atoms with van der Waals surface area (Å²) in [6.45, 7) is 9.00. The summed E-state index contributed by atoms with van der Waals surface area (Å²) in [7, 11) is 0. The fourth-order valence-electron chi connectivity index (χ4n) is 3.03. The molecular weight excluding hydrogens is 266 g/mol. The molecule has 1 aromatic rings. The van der Waals surface area contributed by atoms with Crippen LogP contribution in [0.1, 0.15) is 83.5 Å². The van der Waals surface area contributed by atoms with Crippen molar-refractivity contribution in [3.8, 4) is 0 Å². The molecule has 21 heavy (non-hydrogen) atoms. The van der Waals surface area contributed by atoms with Gasteiger partial charge in [0.2, 0.25) is 11.7 Å². The fraction of sp³-hybridized carbons (Fsp3) is 0.875. The topological polar surface area (TPSA) is 74.2 Å². The molecule has 3 unspecified atom stereocenters. The van der Waals surface area contributed by atoms with Crippen LogP contribution in [0.25, 0.3) is 0 Å². The zero-order chi connectivity index (χ0) is 15.5. The number of rotatable bonds is 4. The summed E-state index contributed by atoms with van der Waals surface area (Å²) in [5.41, 5.74) is 6.22. The minimum atomic E-state index is -0.151. The van der Waals surface area contributed by atoms with Gasteiger partial charge in [-0.1, -0.05) is 45.2 Å². The van der Waals surface area contributed by atoms with Gasteiger partial charge in [0.25, 0.3) is 0 Å². The lowest BCUT2D eigenvalue weighted by molar-refractivity contribution is -0.0203. The summed E-state index contributed by atoms with van der Waals surface area (Å²) in [6.07, 6.45) is 5.55. The van der Waals surface area contributed by atoms with Gasteiger partial charge in [-0.3, -0.25) is 0 Å². The van der Waals surface area contributed by atoms with Gasteiger partial charge >= 0.3 is 0 Å². The highest BCUT2D eigenvalue weighted by Gasteiger charge is 2.33. The average molecular weight is 295 g/mol. The molecule has 1 aliphatic carbocycles. The van der Waals surface area contributed by atoms with E-state index in [9.17, 15) is 0 Å². The van der Waals surface area contributed by atoms with Gasteiger partial charge in [-0.05, 0) is 25.2 Å². The predicted molar refractivity (Wildman–Crippen MR) is 81.9 cm³/mol. The Hall–Kier alpha value is -0.940. The van der Waals surface area contributed by atoms with E-state index in [4.69, 9.17) is 15.0 Å². The lowest BCUT2D eigenvalue weighted by Crippen LogP contribution is -2.27. The molecule has 0 aromatic carbocycles. The first-order valence-electron chi connectivity index (χ1n) is 8.14. The van der Waals surface area contributed by atoms with Crippen molar-refractivity contribution in [2.45, 2.75) is 77.9 Å². The van der Waals surface area contributed by atoms with Crippen molar-refractivity contribution in [1.82, 2.24) is 10.1 Å². The van der Waals surface area contributed by atoms with Crippen LogP contribution in [0.15, 0.2) is 4.52 Å². The second kappa shape index (κ2) is 6.88. The normalized spacial score (nSPS) is 25.6. The molecular formula is C16H29N3O2. The third-order valence-corrected chi connectivity index (χ3v) is 4.20. The Balaban J connectivity index is 2.19. The van der Waals surface area contributed by atoms with Crippen molar-refractivity contribution in [3.05, 3.63) is 11.7 Å². The number of hydrogen-bond acceptors (Lipinski definition) is 5. The van der Waals surface area contributed by atoms with E-state index in [-0.39, 0.29) is 23.5 Å². The monoisotopic (exact) mass is 295 g/mol. The Morgan fingerprint density at radius 3 is 2.67 bits per heavy atom. The van der Waals surface area contributed by atoms with E-state index in [2.05, 4.69) is 30.9 Å². The van der Waals surface area contributed by atoms with Crippen molar-refractivity contribution in [3.63, 3.8) is 0 Å². The van der Waals surface area contributed by atoms with Gasteiger partial charge in [-0.25, -0.2) is 0 Å². The van der Waals surface area contributed by atoms with Crippen LogP contribution < -0.4 is 5.73 Å². The SMILES string of the molecule is CCOC(c1noc(C2CCCCCC2N)n1)C(C)(C)C. The minimum Gasteiger partial charge on any atom is -0.370 e. The molecule has 3 atom stereocenters. The molecule has 120 valence electrons. The quantitative estimate of drug-likeness (QED) is 0.859. The summed E-state index contributed by atoms with van der Waals surface area (Å²) >= 11 is 0. The van der Waals surface area contributed by atoms with E-state index >= 15 is 0 Å². The van der Waals surface area contributed by atoms with Gasteiger partial charge < -0.3 is 15.0 Å². The molecule has 1 saturated carbocycles. The summed E-state index contributed by atoms with van der Waals surface area (Å²) in [6, 6.07) is 0.126. The average Bonchev–Trinajstić information content (AvgIpc) is 2.77. The zero-order valence-electron chi connectivity index (χ0n) is 13.8. The molecule has 1 fully saturated rings. The highest BCUT2D eigenvalue weighted by molar-refractivity contribution is 5.03. The second-order valence-electron chi connectivity index (χ2n) is 7.10. The molecule has 5 heteroatoms. The summed E-state index contributed by atoms with van der Waals surface area (Å²) in [5.74, 6) is 1.53. The van der Waals surface area contributed by atoms with Gasteiger partial charge in [0.1, 0.15) is 6.10 Å². The number of hydrogen-bond donors (Lipinski definition) is 1. The van der Waals surface area contributed by atoms with Crippen molar-refractivity contribution in [1.29, 1.82) is 0 Å². The lowest BCUT2D eigenvalue weighted by atomic mass is 9.88. The molecule has 1 aliphatic rings. The number of nitrogens with zero attached hydrogens (tertiary/aromatic N) is 2. The largest absolute Gasteiger partial charge is 0.370 e. The van der Waals surface area contributed by atoms with Crippen LogP contribution in [0.2, 0.25) is 0 Å². The van der Waals surface area contributed by atoms with E-state index in [0.717, 1.165) is 12.8 Å². The van der Waals surface area contributed by atoms with Crippen LogP contribution in [0.5, 0.6) is 0 Å². The van der Waals surface area contributed by atoms with E-state index in [1.165, 1.54) is 19.3 Å². The van der Waals surface area contributed by atoms with Crippen LogP contribution in [0.4, 0.5) is 0 Å². The van der Waals surface area contributed by atoms with Crippen molar-refractivity contribution in [2.75, 3.05) is 6.61 Å². The molecule has 0 amide bonds. The minimum absolute atomic E-state index is 0.0667. The highest BCUT2D eigenvalue weighted by Crippen LogP contribution is 2.36. The van der Waals surface area contributed by atoms with Crippen LogP contribution in [0, 0.1) is 5.41 Å².